The monoisotopic (exact) mass is 196 g/mol. The fourth-order valence-electron chi connectivity index (χ4n) is 0.861. The van der Waals surface area contributed by atoms with Gasteiger partial charge < -0.3 is 13.8 Å². The Kier molecular flexibility index (Phi) is 2.94. The van der Waals surface area contributed by atoms with E-state index in [2.05, 4.69) is 4.18 Å². The lowest BCUT2D eigenvalue weighted by atomic mass is 10.4. The maximum Gasteiger partial charge on any atom is 0.305 e. The van der Waals surface area contributed by atoms with Crippen molar-refractivity contribution in [3.63, 3.8) is 0 Å². The molecular weight excluding hydrogens is 184 g/mol. The number of hydrogen-bond donors (Lipinski definition) is 2. The minimum absolute atomic E-state index is 0.00125. The molecule has 0 aromatic rings. The Bertz CT molecular complexity index is 181. The summed E-state index contributed by atoms with van der Waals surface area (Å²) in [6, 6.07) is 0. The van der Waals surface area contributed by atoms with Crippen LogP contribution in [0.4, 0.5) is 0 Å². The van der Waals surface area contributed by atoms with E-state index in [1.165, 1.54) is 0 Å². The Labute approximate surface area is 72.2 Å². The summed E-state index contributed by atoms with van der Waals surface area (Å²) >= 11 is 0. The summed E-state index contributed by atoms with van der Waals surface area (Å²) in [5.41, 5.74) is 0. The van der Waals surface area contributed by atoms with E-state index in [-0.39, 0.29) is 24.7 Å². The van der Waals surface area contributed by atoms with E-state index < -0.39 is 17.0 Å². The maximum atomic E-state index is 10.7. The molecule has 0 amide bonds. The van der Waals surface area contributed by atoms with Crippen LogP contribution in [-0.4, -0.2) is 33.5 Å². The number of rotatable bonds is 2. The topological polar surface area (TPSA) is 76.0 Å². The van der Waals surface area contributed by atoms with E-state index in [4.69, 9.17) is 13.8 Å². The lowest BCUT2D eigenvalue weighted by Crippen LogP contribution is -2.20. The second-order valence-corrected chi connectivity index (χ2v) is 4.31. The van der Waals surface area contributed by atoms with Crippen LogP contribution in [0.25, 0.3) is 0 Å². The van der Waals surface area contributed by atoms with E-state index in [1.54, 1.807) is 6.92 Å². The molecule has 1 aliphatic rings. The van der Waals surface area contributed by atoms with Crippen LogP contribution in [0.3, 0.4) is 0 Å². The van der Waals surface area contributed by atoms with Gasteiger partial charge in [-0.15, -0.1) is 0 Å². The number of hydrogen-bond acceptors (Lipinski definition) is 5. The van der Waals surface area contributed by atoms with Crippen LogP contribution in [-0.2, 0) is 13.7 Å². The highest BCUT2D eigenvalue weighted by Gasteiger charge is 2.34. The number of ether oxygens (including phenoxy) is 1. The van der Waals surface area contributed by atoms with Crippen molar-refractivity contribution in [3.8, 4) is 0 Å². The van der Waals surface area contributed by atoms with E-state index >= 15 is 0 Å². The smallest absolute Gasteiger partial charge is 0.305 e. The summed E-state index contributed by atoms with van der Waals surface area (Å²) in [5, 5.41) is 0. The predicted molar refractivity (Wildman–Crippen MR) is 43.8 cm³/mol. The molecule has 0 bridgehead atoms. The fourth-order valence-corrected chi connectivity index (χ4v) is 1.98. The van der Waals surface area contributed by atoms with Crippen LogP contribution in [0.15, 0.2) is 0 Å². The van der Waals surface area contributed by atoms with Gasteiger partial charge in [-0.2, -0.15) is 0 Å². The van der Waals surface area contributed by atoms with Gasteiger partial charge >= 0.3 is 5.97 Å². The Morgan fingerprint density at radius 3 is 2.83 bits per heavy atom. The van der Waals surface area contributed by atoms with Crippen LogP contribution >= 0.6 is 10.9 Å². The highest BCUT2D eigenvalue weighted by atomic mass is 32.3. The van der Waals surface area contributed by atoms with Crippen molar-refractivity contribution in [3.05, 3.63) is 0 Å². The van der Waals surface area contributed by atoms with Crippen molar-refractivity contribution in [2.75, 3.05) is 12.4 Å². The molecule has 5 nitrogen and oxygen atoms in total. The average molecular weight is 196 g/mol. The third-order valence-corrected chi connectivity index (χ3v) is 2.75. The largest absolute Gasteiger partial charge is 0.459 e. The van der Waals surface area contributed by atoms with Gasteiger partial charge in [0.1, 0.15) is 12.7 Å². The first-order valence-electron chi connectivity index (χ1n) is 3.63. The second kappa shape index (κ2) is 3.61. The summed E-state index contributed by atoms with van der Waals surface area (Å²) < 4.78 is 27.4. The van der Waals surface area contributed by atoms with Gasteiger partial charge in [0.2, 0.25) is 0 Å². The summed E-state index contributed by atoms with van der Waals surface area (Å²) in [4.78, 5) is 10.7. The van der Waals surface area contributed by atoms with Gasteiger partial charge in [0.25, 0.3) is 0 Å². The lowest BCUT2D eigenvalue weighted by Gasteiger charge is -2.17. The van der Waals surface area contributed by atoms with Crippen molar-refractivity contribution in [1.29, 1.82) is 0 Å². The molecule has 1 heterocycles. The molecule has 12 heavy (non-hydrogen) atoms. The third-order valence-electron chi connectivity index (χ3n) is 1.43. The quantitative estimate of drug-likeness (QED) is 0.644. The van der Waals surface area contributed by atoms with Crippen LogP contribution in [0, 0.1) is 0 Å². The molecule has 0 aromatic carbocycles. The van der Waals surface area contributed by atoms with Gasteiger partial charge in [0.05, 0.1) is 16.6 Å². The van der Waals surface area contributed by atoms with Gasteiger partial charge in [-0.25, -0.2) is 0 Å². The zero-order valence-corrected chi connectivity index (χ0v) is 7.54. The molecule has 1 rings (SSSR count). The molecule has 2 N–H and O–H groups in total. The van der Waals surface area contributed by atoms with Gasteiger partial charge in [0.15, 0.2) is 0 Å². The van der Waals surface area contributed by atoms with E-state index in [0.717, 1.165) is 0 Å². The molecular formula is C6H12O5S. The van der Waals surface area contributed by atoms with E-state index in [9.17, 15) is 4.79 Å². The first-order chi connectivity index (χ1) is 5.53. The summed E-state index contributed by atoms with van der Waals surface area (Å²) in [7, 11) is -2.93. The molecule has 1 atom stereocenters. The number of carbonyl (C=O) groups excluding carboxylic acids is 1. The highest BCUT2D eigenvalue weighted by molar-refractivity contribution is 8.20. The Morgan fingerprint density at radius 2 is 2.42 bits per heavy atom. The molecule has 1 aliphatic heterocycles. The Hall–Kier alpha value is -0.300. The van der Waals surface area contributed by atoms with E-state index in [1.807, 2.05) is 0 Å². The van der Waals surface area contributed by atoms with Crippen molar-refractivity contribution in [1.82, 2.24) is 0 Å². The number of esters is 1. The summed E-state index contributed by atoms with van der Waals surface area (Å²) in [6.45, 7) is 1.75. The minimum Gasteiger partial charge on any atom is -0.459 e. The Morgan fingerprint density at radius 1 is 1.75 bits per heavy atom. The molecule has 72 valence electrons. The number of carbonyl (C=O) groups is 1. The van der Waals surface area contributed by atoms with Gasteiger partial charge in [-0.1, -0.05) is 6.92 Å². The zero-order chi connectivity index (χ0) is 9.19. The zero-order valence-electron chi connectivity index (χ0n) is 6.73. The molecule has 0 saturated carbocycles. The van der Waals surface area contributed by atoms with Crippen LogP contribution in [0.1, 0.15) is 13.3 Å². The molecule has 1 saturated heterocycles. The molecule has 1 unspecified atom stereocenters. The Balaban J connectivity index is 2.33. The highest BCUT2D eigenvalue weighted by Crippen LogP contribution is 2.45. The van der Waals surface area contributed by atoms with Gasteiger partial charge in [-0.05, 0) is 0 Å². The standard InChI is InChI=1S/C6H12O5S/c1-2-6(7)11-5-3-10-12(8,9)4-5/h5,8-9H,2-4H2,1H3. The lowest BCUT2D eigenvalue weighted by molar-refractivity contribution is -0.148. The van der Waals surface area contributed by atoms with Gasteiger partial charge in [0, 0.05) is 6.42 Å². The molecule has 0 radical (unpaired) electrons. The molecule has 1 fully saturated rings. The third kappa shape index (κ3) is 2.63. The minimum atomic E-state index is -2.93. The fraction of sp³-hybridized carbons (Fsp3) is 0.833. The first kappa shape index (κ1) is 9.79. The normalized spacial score (nSPS) is 29.8. The maximum absolute atomic E-state index is 10.7. The molecule has 6 heteroatoms. The molecule has 0 spiro atoms. The first-order valence-corrected chi connectivity index (χ1v) is 5.27. The van der Waals surface area contributed by atoms with Crippen LogP contribution < -0.4 is 0 Å². The molecule has 0 aliphatic carbocycles. The van der Waals surface area contributed by atoms with Crippen LogP contribution in [0.5, 0.6) is 0 Å². The average Bonchev–Trinajstić information content (AvgIpc) is 2.30. The van der Waals surface area contributed by atoms with E-state index in [0.29, 0.717) is 0 Å². The molecule has 0 aromatic heterocycles. The predicted octanol–water partition coefficient (Wildman–Crippen LogP) is 1.00. The van der Waals surface area contributed by atoms with Crippen molar-refractivity contribution >= 4 is 16.8 Å². The van der Waals surface area contributed by atoms with Crippen molar-refractivity contribution < 1.29 is 22.8 Å². The SMILES string of the molecule is CCC(=O)OC1COS(O)(O)C1. The van der Waals surface area contributed by atoms with Crippen LogP contribution in [0.2, 0.25) is 0 Å². The van der Waals surface area contributed by atoms with Gasteiger partial charge in [-0.3, -0.25) is 8.98 Å². The van der Waals surface area contributed by atoms with Crippen molar-refractivity contribution in [2.45, 2.75) is 19.4 Å². The second-order valence-electron chi connectivity index (χ2n) is 2.52. The summed E-state index contributed by atoms with van der Waals surface area (Å²) in [6.07, 6.45) is -0.210. The summed E-state index contributed by atoms with van der Waals surface area (Å²) in [5.74, 6) is -0.348. The van der Waals surface area contributed by atoms with Crippen molar-refractivity contribution in [2.24, 2.45) is 0 Å².